The second-order valence-electron chi connectivity index (χ2n) is 4.00. The zero-order chi connectivity index (χ0) is 13.8. The van der Waals surface area contributed by atoms with Crippen molar-refractivity contribution < 1.29 is 9.72 Å². The minimum absolute atomic E-state index is 0.143. The lowest BCUT2D eigenvalue weighted by Gasteiger charge is -2.03. The average molecular weight is 320 g/mol. The van der Waals surface area contributed by atoms with E-state index in [0.29, 0.717) is 0 Å². The Balaban J connectivity index is 2.28. The number of carbonyl (C=O) groups is 1. The number of Topliss-reactive ketones (excluding diaryl/α,β-unsaturated/α-hetero) is 1. The van der Waals surface area contributed by atoms with E-state index in [2.05, 4.69) is 15.9 Å². The van der Waals surface area contributed by atoms with Gasteiger partial charge in [-0.15, -0.1) is 0 Å². The van der Waals surface area contributed by atoms with Crippen molar-refractivity contribution >= 4 is 27.4 Å². The van der Waals surface area contributed by atoms with Crippen LogP contribution in [0.2, 0.25) is 0 Å². The highest BCUT2D eigenvalue weighted by Gasteiger charge is 2.19. The van der Waals surface area contributed by atoms with Gasteiger partial charge in [-0.3, -0.25) is 14.9 Å². The molecule has 0 atom stereocenters. The molecule has 19 heavy (non-hydrogen) atoms. The summed E-state index contributed by atoms with van der Waals surface area (Å²) in [4.78, 5) is 22.5. The zero-order valence-electron chi connectivity index (χ0n) is 9.88. The van der Waals surface area contributed by atoms with Gasteiger partial charge < -0.3 is 0 Å². The number of hydrogen-bond acceptors (Lipinski definition) is 3. The number of hydrogen-bond donors (Lipinski definition) is 0. The maximum Gasteiger partial charge on any atom is 0.280 e. The predicted octanol–water partition coefficient (Wildman–Crippen LogP) is 3.78. The molecule has 0 saturated carbocycles. The first-order valence-corrected chi connectivity index (χ1v) is 6.38. The van der Waals surface area contributed by atoms with Gasteiger partial charge in [-0.2, -0.15) is 0 Å². The number of nitro groups is 1. The molecule has 0 spiro atoms. The number of nitrogens with zero attached hydrogens (tertiary/aromatic N) is 1. The molecule has 0 aromatic heterocycles. The molecular weight excluding hydrogens is 310 g/mol. The molecule has 0 amide bonds. The highest BCUT2D eigenvalue weighted by molar-refractivity contribution is 9.10. The van der Waals surface area contributed by atoms with Crippen LogP contribution in [0.5, 0.6) is 0 Å². The van der Waals surface area contributed by atoms with Gasteiger partial charge in [-0.25, -0.2) is 0 Å². The van der Waals surface area contributed by atoms with Crippen LogP contribution in [0, 0.1) is 10.1 Å². The molecule has 0 aliphatic rings. The van der Waals surface area contributed by atoms with E-state index in [1.54, 1.807) is 12.1 Å². The van der Waals surface area contributed by atoms with E-state index in [0.717, 1.165) is 10.0 Å². The maximum atomic E-state index is 12.1. The van der Waals surface area contributed by atoms with Gasteiger partial charge in [-0.1, -0.05) is 40.2 Å². The average Bonchev–Trinajstić information content (AvgIpc) is 2.38. The normalized spacial score (nSPS) is 10.2. The van der Waals surface area contributed by atoms with Crippen LogP contribution in [0.1, 0.15) is 15.9 Å². The topological polar surface area (TPSA) is 60.2 Å². The minimum atomic E-state index is -0.534. The first-order chi connectivity index (χ1) is 9.08. The summed E-state index contributed by atoms with van der Waals surface area (Å²) in [5.74, 6) is -0.259. The van der Waals surface area contributed by atoms with Gasteiger partial charge in [0, 0.05) is 17.0 Å². The summed E-state index contributed by atoms with van der Waals surface area (Å²) < 4.78 is 0.875. The van der Waals surface area contributed by atoms with E-state index < -0.39 is 4.92 Å². The number of halogens is 1. The molecule has 96 valence electrons. The Hall–Kier alpha value is -2.01. The van der Waals surface area contributed by atoms with Crippen LogP contribution in [0.4, 0.5) is 5.69 Å². The van der Waals surface area contributed by atoms with Gasteiger partial charge in [0.15, 0.2) is 5.78 Å². The van der Waals surface area contributed by atoms with Gasteiger partial charge in [0.2, 0.25) is 0 Å². The van der Waals surface area contributed by atoms with Crippen molar-refractivity contribution in [2.75, 3.05) is 0 Å². The second-order valence-corrected chi connectivity index (χ2v) is 4.92. The van der Waals surface area contributed by atoms with Crippen LogP contribution in [-0.4, -0.2) is 10.7 Å². The van der Waals surface area contributed by atoms with Crippen molar-refractivity contribution in [2.24, 2.45) is 0 Å². The van der Waals surface area contributed by atoms with Gasteiger partial charge in [0.1, 0.15) is 0 Å². The van der Waals surface area contributed by atoms with Crippen molar-refractivity contribution in [3.05, 3.63) is 74.2 Å². The summed E-state index contributed by atoms with van der Waals surface area (Å²) >= 11 is 3.33. The lowest BCUT2D eigenvalue weighted by Crippen LogP contribution is -2.06. The highest BCUT2D eigenvalue weighted by Crippen LogP contribution is 2.20. The summed E-state index contributed by atoms with van der Waals surface area (Å²) in [7, 11) is 0. The van der Waals surface area contributed by atoms with E-state index >= 15 is 0 Å². The Morgan fingerprint density at radius 2 is 1.89 bits per heavy atom. The van der Waals surface area contributed by atoms with Crippen LogP contribution >= 0.6 is 15.9 Å². The molecule has 0 aliphatic carbocycles. The minimum Gasteiger partial charge on any atom is -0.294 e. The summed E-state index contributed by atoms with van der Waals surface area (Å²) in [6.07, 6.45) is 0.143. The van der Waals surface area contributed by atoms with Crippen molar-refractivity contribution in [1.29, 1.82) is 0 Å². The van der Waals surface area contributed by atoms with Crippen LogP contribution in [0.25, 0.3) is 0 Å². The van der Waals surface area contributed by atoms with E-state index in [1.165, 1.54) is 12.1 Å². The van der Waals surface area contributed by atoms with Crippen molar-refractivity contribution in [3.63, 3.8) is 0 Å². The molecule has 4 nitrogen and oxygen atoms in total. The summed E-state index contributed by atoms with van der Waals surface area (Å²) in [6, 6.07) is 13.3. The number of nitro benzene ring substituents is 1. The van der Waals surface area contributed by atoms with E-state index in [9.17, 15) is 14.9 Å². The molecule has 2 rings (SSSR count). The van der Waals surface area contributed by atoms with Gasteiger partial charge in [-0.05, 0) is 23.8 Å². The Bertz CT molecular complexity index is 640. The number of rotatable bonds is 4. The maximum absolute atomic E-state index is 12.1. The van der Waals surface area contributed by atoms with Crippen molar-refractivity contribution in [3.8, 4) is 0 Å². The molecule has 0 bridgehead atoms. The van der Waals surface area contributed by atoms with Crippen molar-refractivity contribution in [1.82, 2.24) is 0 Å². The third kappa shape index (κ3) is 3.26. The fourth-order valence-electron chi connectivity index (χ4n) is 1.80. The van der Waals surface area contributed by atoms with E-state index in [1.807, 2.05) is 24.3 Å². The highest BCUT2D eigenvalue weighted by atomic mass is 79.9. The van der Waals surface area contributed by atoms with Gasteiger partial charge >= 0.3 is 0 Å². The number of carbonyl (C=O) groups excluding carboxylic acids is 1. The molecule has 0 fully saturated rings. The molecular formula is C14H10BrNO3. The standard InChI is InChI=1S/C14H10BrNO3/c15-11-5-3-4-10(8-11)9-14(17)12-6-1-2-7-13(12)16(18)19/h1-8H,9H2. The summed E-state index contributed by atoms with van der Waals surface area (Å²) in [6.45, 7) is 0. The Kier molecular flexibility index (Phi) is 4.06. The SMILES string of the molecule is O=C(Cc1cccc(Br)c1)c1ccccc1[N+](=O)[O-]. The van der Waals surface area contributed by atoms with Crippen LogP contribution in [0.3, 0.4) is 0 Å². The first-order valence-electron chi connectivity index (χ1n) is 5.59. The molecule has 5 heteroatoms. The molecule has 0 radical (unpaired) electrons. The number of para-hydroxylation sites is 1. The van der Waals surface area contributed by atoms with Crippen LogP contribution in [0.15, 0.2) is 53.0 Å². The number of benzene rings is 2. The Morgan fingerprint density at radius 3 is 2.58 bits per heavy atom. The first kappa shape index (κ1) is 13.4. The molecule has 2 aromatic rings. The molecule has 0 heterocycles. The quantitative estimate of drug-likeness (QED) is 0.489. The summed E-state index contributed by atoms with van der Waals surface area (Å²) in [5, 5.41) is 10.9. The summed E-state index contributed by atoms with van der Waals surface area (Å²) in [5.41, 5.74) is 0.812. The molecule has 0 N–H and O–H groups in total. The Labute approximate surface area is 118 Å². The van der Waals surface area contributed by atoms with E-state index in [-0.39, 0.29) is 23.5 Å². The molecule has 0 unspecified atom stereocenters. The monoisotopic (exact) mass is 319 g/mol. The second kappa shape index (κ2) is 5.75. The predicted molar refractivity (Wildman–Crippen MR) is 75.3 cm³/mol. The van der Waals surface area contributed by atoms with Crippen LogP contribution < -0.4 is 0 Å². The van der Waals surface area contributed by atoms with Gasteiger partial charge in [0.25, 0.3) is 5.69 Å². The van der Waals surface area contributed by atoms with Gasteiger partial charge in [0.05, 0.1) is 10.5 Å². The lowest BCUT2D eigenvalue weighted by atomic mass is 10.0. The third-order valence-electron chi connectivity index (χ3n) is 2.65. The van der Waals surface area contributed by atoms with Crippen LogP contribution in [-0.2, 0) is 6.42 Å². The lowest BCUT2D eigenvalue weighted by molar-refractivity contribution is -0.385. The Morgan fingerprint density at radius 1 is 1.16 bits per heavy atom. The fourth-order valence-corrected chi connectivity index (χ4v) is 2.24. The zero-order valence-corrected chi connectivity index (χ0v) is 11.5. The molecule has 0 saturated heterocycles. The van der Waals surface area contributed by atoms with E-state index in [4.69, 9.17) is 0 Å². The largest absolute Gasteiger partial charge is 0.294 e. The van der Waals surface area contributed by atoms with Crippen molar-refractivity contribution in [2.45, 2.75) is 6.42 Å². The third-order valence-corrected chi connectivity index (χ3v) is 3.15. The molecule has 2 aromatic carbocycles. The fraction of sp³-hybridized carbons (Fsp3) is 0.0714. The smallest absolute Gasteiger partial charge is 0.280 e. The number of ketones is 1. The molecule has 0 aliphatic heterocycles.